The number of imidazole rings is 2. The van der Waals surface area contributed by atoms with Gasteiger partial charge in [-0.1, -0.05) is 52.0 Å². The lowest BCUT2D eigenvalue weighted by Crippen LogP contribution is -2.51. The Kier molecular flexibility index (Phi) is 11.6. The molecule has 4 atom stereocenters. The molecule has 16 nitrogen and oxygen atoms in total. The zero-order valence-corrected chi connectivity index (χ0v) is 31.5. The van der Waals surface area contributed by atoms with Crippen LogP contribution in [0.2, 0.25) is 0 Å². The van der Waals surface area contributed by atoms with Gasteiger partial charge in [0.1, 0.15) is 23.7 Å². The average Bonchev–Trinajstić information content (AvgIpc) is 4.02. The van der Waals surface area contributed by atoms with Gasteiger partial charge in [0.15, 0.2) is 5.82 Å². The minimum atomic E-state index is -0.707. The third-order valence-corrected chi connectivity index (χ3v) is 10.1. The van der Waals surface area contributed by atoms with Crippen molar-refractivity contribution < 1.29 is 28.7 Å². The lowest BCUT2D eigenvalue weighted by Gasteiger charge is -2.30. The second kappa shape index (κ2) is 16.5. The van der Waals surface area contributed by atoms with Crippen LogP contribution in [0, 0.1) is 11.8 Å². The van der Waals surface area contributed by atoms with E-state index < -0.39 is 24.3 Å². The van der Waals surface area contributed by atoms with Crippen LogP contribution in [0.15, 0.2) is 49.1 Å². The van der Waals surface area contributed by atoms with Crippen molar-refractivity contribution in [2.75, 3.05) is 27.3 Å². The van der Waals surface area contributed by atoms with E-state index in [9.17, 15) is 19.2 Å². The van der Waals surface area contributed by atoms with Crippen molar-refractivity contribution in [2.45, 2.75) is 77.5 Å². The summed E-state index contributed by atoms with van der Waals surface area (Å²) in [5.41, 5.74) is 4.06. The summed E-state index contributed by atoms with van der Waals surface area (Å²) < 4.78 is 9.48. The van der Waals surface area contributed by atoms with Gasteiger partial charge >= 0.3 is 12.2 Å². The van der Waals surface area contributed by atoms with E-state index in [1.807, 2.05) is 52.0 Å². The molecule has 4 amide bonds. The predicted octanol–water partition coefficient (Wildman–Crippen LogP) is 5.01. The topological polar surface area (TPSA) is 200 Å². The molecule has 54 heavy (non-hydrogen) atoms. The lowest BCUT2D eigenvalue weighted by atomic mass is 10.0. The van der Waals surface area contributed by atoms with E-state index in [-0.39, 0.29) is 35.7 Å². The molecule has 2 saturated heterocycles. The number of carbonyl (C=O) groups excluding carboxylic acids is 4. The molecule has 4 aromatic rings. The number of rotatable bonds is 11. The molecule has 3 aromatic heterocycles. The van der Waals surface area contributed by atoms with Gasteiger partial charge in [0.25, 0.3) is 0 Å². The van der Waals surface area contributed by atoms with E-state index in [0.717, 1.165) is 53.8 Å². The van der Waals surface area contributed by atoms with Crippen LogP contribution < -0.4 is 10.6 Å². The number of methoxy groups -OCH3 is 2. The Morgan fingerprint density at radius 3 is 1.50 bits per heavy atom. The van der Waals surface area contributed by atoms with Crippen LogP contribution in [-0.4, -0.2) is 103 Å². The largest absolute Gasteiger partial charge is 0.453 e. The van der Waals surface area contributed by atoms with Crippen LogP contribution in [0.4, 0.5) is 9.59 Å². The first-order valence-corrected chi connectivity index (χ1v) is 18.3. The summed E-state index contributed by atoms with van der Waals surface area (Å²) in [6, 6.07) is 5.95. The second-order valence-electron chi connectivity index (χ2n) is 14.3. The number of likely N-dealkylation sites (tertiary alicyclic amines) is 2. The maximum Gasteiger partial charge on any atom is 0.407 e. The van der Waals surface area contributed by atoms with Crippen LogP contribution in [0.5, 0.6) is 0 Å². The summed E-state index contributed by atoms with van der Waals surface area (Å²) in [6.45, 7) is 8.70. The standard InChI is InChI=1S/C38H48N10O6/c1-21(2)30(45-37(51)53-5)35(49)47-15-7-9-28(47)33-41-19-26(43-33)23-11-13-24(14-12-23)32-39-17-25(18-40-32)27-20-42-34(44-27)29-10-8-16-48(29)36(50)31(22(3)4)46-38(52)54-6/h11-14,17-22,28-31H,7-10,15-16H2,1-6H3,(H,41,43)(H,42,44)(H,45,51)(H,46,52)/t28-,29-,30-,31-/m0/s1. The molecule has 2 aliphatic rings. The van der Waals surface area contributed by atoms with E-state index >= 15 is 0 Å². The van der Waals surface area contributed by atoms with Crippen molar-refractivity contribution in [1.29, 1.82) is 0 Å². The number of nitrogens with one attached hydrogen (secondary N) is 4. The molecule has 1 aromatic carbocycles. The summed E-state index contributed by atoms with van der Waals surface area (Å²) in [6.07, 6.45) is 8.86. The Morgan fingerprint density at radius 1 is 0.648 bits per heavy atom. The maximum absolute atomic E-state index is 13.5. The highest BCUT2D eigenvalue weighted by Gasteiger charge is 2.39. The van der Waals surface area contributed by atoms with Gasteiger partial charge in [-0.15, -0.1) is 0 Å². The fraction of sp³-hybridized carbons (Fsp3) is 0.474. The van der Waals surface area contributed by atoms with Gasteiger partial charge in [0.05, 0.1) is 50.1 Å². The van der Waals surface area contributed by atoms with Crippen molar-refractivity contribution in [1.82, 2.24) is 50.3 Å². The van der Waals surface area contributed by atoms with Crippen molar-refractivity contribution in [3.8, 4) is 33.9 Å². The van der Waals surface area contributed by atoms with Crippen molar-refractivity contribution >= 4 is 24.0 Å². The molecule has 5 heterocycles. The highest BCUT2D eigenvalue weighted by atomic mass is 16.5. The smallest absolute Gasteiger partial charge is 0.407 e. The number of H-pyrrole nitrogens is 2. The molecule has 16 heteroatoms. The monoisotopic (exact) mass is 740 g/mol. The van der Waals surface area contributed by atoms with E-state index in [1.165, 1.54) is 14.2 Å². The first-order chi connectivity index (χ1) is 26.0. The minimum Gasteiger partial charge on any atom is -0.453 e. The normalized spacial score (nSPS) is 18.1. The number of nitrogens with zero attached hydrogens (tertiary/aromatic N) is 6. The molecule has 0 unspecified atom stereocenters. The molecule has 6 rings (SSSR count). The maximum atomic E-state index is 13.5. The number of hydrogen-bond donors (Lipinski definition) is 4. The van der Waals surface area contributed by atoms with Crippen molar-refractivity contribution in [2.24, 2.45) is 11.8 Å². The van der Waals surface area contributed by atoms with E-state index in [0.29, 0.717) is 30.6 Å². The average molecular weight is 741 g/mol. The van der Waals surface area contributed by atoms with E-state index in [2.05, 4.69) is 40.5 Å². The Labute approximate surface area is 313 Å². The van der Waals surface area contributed by atoms with Crippen LogP contribution >= 0.6 is 0 Å². The van der Waals surface area contributed by atoms with Crippen molar-refractivity contribution in [3.05, 3.63) is 60.7 Å². The summed E-state index contributed by atoms with van der Waals surface area (Å²) >= 11 is 0. The highest BCUT2D eigenvalue weighted by Crippen LogP contribution is 2.34. The van der Waals surface area contributed by atoms with Gasteiger partial charge in [-0.05, 0) is 43.1 Å². The van der Waals surface area contributed by atoms with Gasteiger partial charge in [-0.25, -0.2) is 29.5 Å². The number of ether oxygens (including phenoxy) is 2. The number of alkyl carbamates (subject to hydrolysis) is 2. The van der Waals surface area contributed by atoms with E-state index in [1.54, 1.807) is 34.6 Å². The Bertz CT molecular complexity index is 1800. The molecule has 0 aliphatic carbocycles. The zero-order valence-electron chi connectivity index (χ0n) is 31.5. The molecule has 0 radical (unpaired) electrons. The molecule has 4 N–H and O–H groups in total. The highest BCUT2D eigenvalue weighted by molar-refractivity contribution is 5.87. The van der Waals surface area contributed by atoms with Gasteiger partial charge in [-0.2, -0.15) is 0 Å². The van der Waals surface area contributed by atoms with Crippen LogP contribution in [-0.2, 0) is 19.1 Å². The number of amides is 4. The number of aromatic amines is 2. The third kappa shape index (κ3) is 8.06. The lowest BCUT2D eigenvalue weighted by molar-refractivity contribution is -0.136. The van der Waals surface area contributed by atoms with E-state index in [4.69, 9.17) is 9.47 Å². The fourth-order valence-electron chi connectivity index (χ4n) is 7.11. The molecule has 0 bridgehead atoms. The predicted molar refractivity (Wildman–Crippen MR) is 198 cm³/mol. The Hall–Kier alpha value is -5.80. The van der Waals surface area contributed by atoms with Crippen LogP contribution in [0.3, 0.4) is 0 Å². The van der Waals surface area contributed by atoms with Gasteiger partial charge < -0.3 is 39.9 Å². The number of carbonyl (C=O) groups is 4. The molecular formula is C38H48N10O6. The quantitative estimate of drug-likeness (QED) is 0.162. The molecule has 0 spiro atoms. The summed E-state index contributed by atoms with van der Waals surface area (Å²) in [4.78, 5) is 79.7. The van der Waals surface area contributed by atoms with Gasteiger partial charge in [0, 0.05) is 36.6 Å². The van der Waals surface area contributed by atoms with Gasteiger partial charge in [0.2, 0.25) is 11.8 Å². The molecule has 2 fully saturated rings. The summed E-state index contributed by atoms with van der Waals surface area (Å²) in [7, 11) is 2.56. The Balaban J connectivity index is 1.11. The Morgan fingerprint density at radius 2 is 1.07 bits per heavy atom. The zero-order chi connectivity index (χ0) is 38.5. The first kappa shape index (κ1) is 37.9. The molecule has 286 valence electrons. The SMILES string of the molecule is COC(=O)N[C@H](C(=O)N1CCC[C@H]1c1ncc(-c2ccc(-c3ncc(-c4cnc([C@@H]5CCCN5C(=O)[C@@H](NC(=O)OC)C(C)C)[nH]4)cn3)cc2)[nH]1)C(C)C. The first-order valence-electron chi connectivity index (χ1n) is 18.3. The minimum absolute atomic E-state index is 0.114. The summed E-state index contributed by atoms with van der Waals surface area (Å²) in [5, 5.41) is 5.36. The van der Waals surface area contributed by atoms with Crippen LogP contribution in [0.25, 0.3) is 33.9 Å². The van der Waals surface area contributed by atoms with Crippen LogP contribution in [0.1, 0.15) is 77.1 Å². The second-order valence-corrected chi connectivity index (χ2v) is 14.3. The molecule has 2 aliphatic heterocycles. The van der Waals surface area contributed by atoms with Crippen molar-refractivity contribution in [3.63, 3.8) is 0 Å². The molecule has 0 saturated carbocycles. The number of hydrogen-bond acceptors (Lipinski definition) is 10. The number of aromatic nitrogens is 6. The summed E-state index contributed by atoms with van der Waals surface area (Å²) in [5.74, 6) is 1.37. The number of benzene rings is 1. The van der Waals surface area contributed by atoms with Gasteiger partial charge in [-0.3, -0.25) is 9.59 Å². The molecular weight excluding hydrogens is 692 g/mol. The fourth-order valence-corrected chi connectivity index (χ4v) is 7.11. The third-order valence-electron chi connectivity index (χ3n) is 10.1.